The SMILES string of the molecule is O=C(O)/C=C/c1cccc(O)c1C(F)(F)F. The average molecular weight is 232 g/mol. The van der Waals surface area contributed by atoms with Gasteiger partial charge in [-0.3, -0.25) is 0 Å². The number of hydrogen-bond donors (Lipinski definition) is 2. The highest BCUT2D eigenvalue weighted by atomic mass is 19.4. The quantitative estimate of drug-likeness (QED) is 0.770. The number of alkyl halides is 3. The standard InChI is InChI=1S/C10H7F3O3/c11-10(12,13)9-6(4-5-8(15)16)2-1-3-7(9)14/h1-5,14H,(H,15,16)/b5-4+. The van der Waals surface area contributed by atoms with Gasteiger partial charge in [-0.15, -0.1) is 0 Å². The normalized spacial score (nSPS) is 11.9. The molecule has 3 nitrogen and oxygen atoms in total. The summed E-state index contributed by atoms with van der Waals surface area (Å²) in [7, 11) is 0. The van der Waals surface area contributed by atoms with Crippen LogP contribution in [-0.4, -0.2) is 16.2 Å². The van der Waals surface area contributed by atoms with Gasteiger partial charge >= 0.3 is 12.1 Å². The molecular weight excluding hydrogens is 225 g/mol. The van der Waals surface area contributed by atoms with E-state index in [1.807, 2.05) is 0 Å². The maximum Gasteiger partial charge on any atom is 0.420 e. The van der Waals surface area contributed by atoms with Gasteiger partial charge < -0.3 is 10.2 Å². The first-order chi connectivity index (χ1) is 7.32. The maximum absolute atomic E-state index is 12.5. The molecule has 1 rings (SSSR count). The lowest BCUT2D eigenvalue weighted by Gasteiger charge is -2.11. The summed E-state index contributed by atoms with van der Waals surface area (Å²) in [5, 5.41) is 17.4. The van der Waals surface area contributed by atoms with Crippen LogP contribution in [0.1, 0.15) is 11.1 Å². The van der Waals surface area contributed by atoms with Crippen LogP contribution >= 0.6 is 0 Å². The zero-order valence-electron chi connectivity index (χ0n) is 7.82. The minimum absolute atomic E-state index is 0.394. The highest BCUT2D eigenvalue weighted by Gasteiger charge is 2.35. The van der Waals surface area contributed by atoms with Crippen molar-refractivity contribution in [2.24, 2.45) is 0 Å². The summed E-state index contributed by atoms with van der Waals surface area (Å²) in [6.07, 6.45) is -3.38. The van der Waals surface area contributed by atoms with Crippen molar-refractivity contribution in [1.29, 1.82) is 0 Å². The molecule has 0 heterocycles. The molecule has 1 aromatic carbocycles. The van der Waals surface area contributed by atoms with Gasteiger partial charge in [-0.25, -0.2) is 4.79 Å². The van der Waals surface area contributed by atoms with Crippen LogP contribution in [0.5, 0.6) is 5.75 Å². The van der Waals surface area contributed by atoms with Gasteiger partial charge in [-0.1, -0.05) is 12.1 Å². The summed E-state index contributed by atoms with van der Waals surface area (Å²) in [5.74, 6) is -2.29. The fraction of sp³-hybridized carbons (Fsp3) is 0.100. The third-order valence-electron chi connectivity index (χ3n) is 1.76. The molecule has 0 atom stereocenters. The van der Waals surface area contributed by atoms with Crippen LogP contribution in [0.2, 0.25) is 0 Å². The van der Waals surface area contributed by atoms with E-state index in [4.69, 9.17) is 10.2 Å². The van der Waals surface area contributed by atoms with Crippen molar-refractivity contribution in [1.82, 2.24) is 0 Å². The first-order valence-electron chi connectivity index (χ1n) is 4.12. The van der Waals surface area contributed by atoms with Gasteiger partial charge in [-0.05, 0) is 17.7 Å². The third-order valence-corrected chi connectivity index (χ3v) is 1.76. The number of aromatic hydroxyl groups is 1. The summed E-state index contributed by atoms with van der Waals surface area (Å²) in [6.45, 7) is 0. The number of aliphatic carboxylic acids is 1. The fourth-order valence-corrected chi connectivity index (χ4v) is 1.17. The number of rotatable bonds is 2. The first kappa shape index (κ1) is 12.1. The Hall–Kier alpha value is -1.98. The van der Waals surface area contributed by atoms with Gasteiger partial charge in [-0.2, -0.15) is 13.2 Å². The Bertz CT molecular complexity index is 435. The van der Waals surface area contributed by atoms with Crippen molar-refractivity contribution in [3.05, 3.63) is 35.4 Å². The molecule has 0 unspecified atom stereocenters. The van der Waals surface area contributed by atoms with Crippen LogP contribution in [-0.2, 0) is 11.0 Å². The lowest BCUT2D eigenvalue weighted by Crippen LogP contribution is -2.07. The zero-order chi connectivity index (χ0) is 12.3. The van der Waals surface area contributed by atoms with E-state index >= 15 is 0 Å². The minimum Gasteiger partial charge on any atom is -0.507 e. The maximum atomic E-state index is 12.5. The van der Waals surface area contributed by atoms with Crippen LogP contribution in [0.3, 0.4) is 0 Å². The van der Waals surface area contributed by atoms with E-state index in [9.17, 15) is 18.0 Å². The Morgan fingerprint density at radius 2 is 1.94 bits per heavy atom. The molecule has 0 aromatic heterocycles. The minimum atomic E-state index is -4.73. The Morgan fingerprint density at radius 1 is 1.31 bits per heavy atom. The van der Waals surface area contributed by atoms with Crippen LogP contribution in [0.25, 0.3) is 6.08 Å². The summed E-state index contributed by atoms with van der Waals surface area (Å²) in [4.78, 5) is 10.2. The van der Waals surface area contributed by atoms with E-state index in [0.29, 0.717) is 6.08 Å². The molecule has 0 radical (unpaired) electrons. The van der Waals surface area contributed by atoms with Gasteiger partial charge in [0.25, 0.3) is 0 Å². The summed E-state index contributed by atoms with van der Waals surface area (Å²) in [5.41, 5.74) is -1.64. The van der Waals surface area contributed by atoms with Crippen molar-refractivity contribution in [2.75, 3.05) is 0 Å². The van der Waals surface area contributed by atoms with Crippen molar-refractivity contribution in [3.63, 3.8) is 0 Å². The molecular formula is C10H7F3O3. The van der Waals surface area contributed by atoms with Crippen LogP contribution < -0.4 is 0 Å². The third kappa shape index (κ3) is 2.75. The molecule has 0 aliphatic carbocycles. The Balaban J connectivity index is 3.29. The van der Waals surface area contributed by atoms with Crippen LogP contribution in [0, 0.1) is 0 Å². The van der Waals surface area contributed by atoms with E-state index in [1.54, 1.807) is 0 Å². The fourth-order valence-electron chi connectivity index (χ4n) is 1.17. The predicted octanol–water partition coefficient (Wildman–Crippen LogP) is 2.51. The van der Waals surface area contributed by atoms with E-state index in [-0.39, 0.29) is 0 Å². The van der Waals surface area contributed by atoms with E-state index < -0.39 is 29.0 Å². The summed E-state index contributed by atoms with van der Waals surface area (Å²) >= 11 is 0. The molecule has 16 heavy (non-hydrogen) atoms. The number of phenolic OH excluding ortho intramolecular Hbond substituents is 1. The molecule has 0 saturated carbocycles. The topological polar surface area (TPSA) is 57.5 Å². The molecule has 86 valence electrons. The molecule has 0 aliphatic heterocycles. The highest BCUT2D eigenvalue weighted by molar-refractivity contribution is 5.85. The molecule has 0 saturated heterocycles. The van der Waals surface area contributed by atoms with Crippen molar-refractivity contribution < 1.29 is 28.2 Å². The molecule has 2 N–H and O–H groups in total. The predicted molar refractivity (Wildman–Crippen MR) is 49.8 cm³/mol. The van der Waals surface area contributed by atoms with Gasteiger partial charge in [0.1, 0.15) is 11.3 Å². The van der Waals surface area contributed by atoms with Crippen molar-refractivity contribution >= 4 is 12.0 Å². The lowest BCUT2D eigenvalue weighted by molar-refractivity contribution is -0.139. The lowest BCUT2D eigenvalue weighted by atomic mass is 10.1. The highest BCUT2D eigenvalue weighted by Crippen LogP contribution is 2.38. The molecule has 0 aliphatic rings. The number of halogens is 3. The molecule has 0 bridgehead atoms. The monoisotopic (exact) mass is 232 g/mol. The number of carboxylic acid groups (broad SMARTS) is 1. The molecule has 0 fully saturated rings. The van der Waals surface area contributed by atoms with Crippen LogP contribution in [0.15, 0.2) is 24.3 Å². The number of carbonyl (C=O) groups is 1. The average Bonchev–Trinajstić information content (AvgIpc) is 2.12. The Kier molecular flexibility index (Phi) is 3.22. The van der Waals surface area contributed by atoms with Crippen molar-refractivity contribution in [3.8, 4) is 5.75 Å². The second-order valence-electron chi connectivity index (χ2n) is 2.91. The largest absolute Gasteiger partial charge is 0.507 e. The molecule has 1 aromatic rings. The van der Waals surface area contributed by atoms with E-state index in [2.05, 4.69) is 0 Å². The zero-order valence-corrected chi connectivity index (χ0v) is 7.82. The van der Waals surface area contributed by atoms with Gasteiger partial charge in [0.2, 0.25) is 0 Å². The van der Waals surface area contributed by atoms with E-state index in [1.165, 1.54) is 6.07 Å². The number of phenols is 1. The Labute approximate surface area is 88.4 Å². The first-order valence-corrected chi connectivity index (χ1v) is 4.12. The Morgan fingerprint density at radius 3 is 2.44 bits per heavy atom. The van der Waals surface area contributed by atoms with Crippen LogP contribution in [0.4, 0.5) is 13.2 Å². The van der Waals surface area contributed by atoms with Crippen molar-refractivity contribution in [2.45, 2.75) is 6.18 Å². The molecule has 0 spiro atoms. The molecule has 0 amide bonds. The smallest absolute Gasteiger partial charge is 0.420 e. The number of benzene rings is 1. The van der Waals surface area contributed by atoms with Gasteiger partial charge in [0.05, 0.1) is 0 Å². The van der Waals surface area contributed by atoms with Gasteiger partial charge in [0, 0.05) is 6.08 Å². The molecule has 6 heteroatoms. The second kappa shape index (κ2) is 4.26. The summed E-state index contributed by atoms with van der Waals surface area (Å²) in [6, 6.07) is 3.16. The second-order valence-corrected chi connectivity index (χ2v) is 2.91. The number of carboxylic acids is 1. The number of hydrogen-bond acceptors (Lipinski definition) is 2. The van der Waals surface area contributed by atoms with E-state index in [0.717, 1.165) is 18.2 Å². The summed E-state index contributed by atoms with van der Waals surface area (Å²) < 4.78 is 37.5. The van der Waals surface area contributed by atoms with Gasteiger partial charge in [0.15, 0.2) is 0 Å².